The van der Waals surface area contributed by atoms with Gasteiger partial charge in [-0.1, -0.05) is 6.07 Å². The van der Waals surface area contributed by atoms with E-state index < -0.39 is 11.6 Å². The van der Waals surface area contributed by atoms with Crippen molar-refractivity contribution in [3.63, 3.8) is 0 Å². The van der Waals surface area contributed by atoms with Crippen molar-refractivity contribution in [1.82, 2.24) is 4.98 Å². The Morgan fingerprint density at radius 1 is 1.22 bits per heavy atom. The number of hydrogen-bond donors (Lipinski definition) is 1. The van der Waals surface area contributed by atoms with Gasteiger partial charge in [0.1, 0.15) is 11.6 Å². The van der Waals surface area contributed by atoms with Gasteiger partial charge in [-0.15, -0.1) is 11.8 Å². The molecule has 0 saturated heterocycles. The van der Waals surface area contributed by atoms with Crippen LogP contribution in [0.25, 0.3) is 0 Å². The van der Waals surface area contributed by atoms with E-state index in [2.05, 4.69) is 4.98 Å². The lowest BCUT2D eigenvalue weighted by Crippen LogP contribution is -2.10. The third-order valence-electron chi connectivity index (χ3n) is 2.39. The second-order valence-corrected chi connectivity index (χ2v) is 4.92. The van der Waals surface area contributed by atoms with E-state index in [0.29, 0.717) is 6.54 Å². The van der Waals surface area contributed by atoms with Crippen molar-refractivity contribution in [1.29, 1.82) is 0 Å². The van der Waals surface area contributed by atoms with Crippen LogP contribution in [-0.2, 0) is 0 Å². The van der Waals surface area contributed by atoms with Crippen LogP contribution in [0.2, 0.25) is 0 Å². The number of aromatic nitrogens is 1. The van der Waals surface area contributed by atoms with E-state index >= 15 is 0 Å². The quantitative estimate of drug-likeness (QED) is 0.864. The summed E-state index contributed by atoms with van der Waals surface area (Å²) in [5.41, 5.74) is 6.42. The molecule has 2 N–H and O–H groups in total. The maximum atomic E-state index is 13.5. The van der Waals surface area contributed by atoms with Crippen LogP contribution in [-0.4, -0.2) is 11.5 Å². The van der Waals surface area contributed by atoms with Crippen LogP contribution in [0.15, 0.2) is 47.5 Å². The zero-order chi connectivity index (χ0) is 13.0. The fraction of sp³-hybridized carbons (Fsp3) is 0.154. The Hall–Kier alpha value is -1.46. The van der Waals surface area contributed by atoms with Crippen molar-refractivity contribution in [3.8, 4) is 0 Å². The van der Waals surface area contributed by atoms with Crippen LogP contribution >= 0.6 is 11.8 Å². The summed E-state index contributed by atoms with van der Waals surface area (Å²) in [6, 6.07) is 8.84. The zero-order valence-corrected chi connectivity index (χ0v) is 10.3. The number of nitrogens with zero attached hydrogens (tertiary/aromatic N) is 1. The topological polar surface area (TPSA) is 38.9 Å². The van der Waals surface area contributed by atoms with Crippen molar-refractivity contribution >= 4 is 11.8 Å². The van der Waals surface area contributed by atoms with Crippen molar-refractivity contribution in [2.24, 2.45) is 5.73 Å². The van der Waals surface area contributed by atoms with Gasteiger partial charge in [-0.25, -0.2) is 8.78 Å². The van der Waals surface area contributed by atoms with E-state index in [1.165, 1.54) is 17.8 Å². The molecule has 0 amide bonds. The van der Waals surface area contributed by atoms with Crippen LogP contribution in [0.5, 0.6) is 0 Å². The predicted molar refractivity (Wildman–Crippen MR) is 68.2 cm³/mol. The molecule has 5 heteroatoms. The molecule has 0 spiro atoms. The Bertz CT molecular complexity index is 520. The molecular weight excluding hydrogens is 254 g/mol. The van der Waals surface area contributed by atoms with Crippen LogP contribution in [0.4, 0.5) is 8.78 Å². The lowest BCUT2D eigenvalue weighted by molar-refractivity contribution is 0.576. The first-order valence-electron chi connectivity index (χ1n) is 5.43. The first-order chi connectivity index (χ1) is 8.70. The maximum absolute atomic E-state index is 13.5. The number of rotatable bonds is 4. The Labute approximate surface area is 108 Å². The maximum Gasteiger partial charge on any atom is 0.136 e. The third-order valence-corrected chi connectivity index (χ3v) is 3.68. The summed E-state index contributed by atoms with van der Waals surface area (Å²) in [5, 5.41) is -0.192. The van der Waals surface area contributed by atoms with Gasteiger partial charge in [0.05, 0.1) is 10.9 Å². The first-order valence-corrected chi connectivity index (χ1v) is 6.31. The van der Waals surface area contributed by atoms with Gasteiger partial charge in [0.2, 0.25) is 0 Å². The number of halogens is 2. The van der Waals surface area contributed by atoms with Gasteiger partial charge in [0.25, 0.3) is 0 Å². The van der Waals surface area contributed by atoms with Crippen molar-refractivity contribution in [2.45, 2.75) is 10.1 Å². The standard InChI is InChI=1S/C13H12F2N2S/c14-9-4-5-10(15)12(7-9)18-13(8-16)11-3-1-2-6-17-11/h1-7,13H,8,16H2. The first kappa shape index (κ1) is 13.0. The summed E-state index contributed by atoms with van der Waals surface area (Å²) in [6.45, 7) is 0.303. The van der Waals surface area contributed by atoms with Gasteiger partial charge in [0, 0.05) is 17.6 Å². The van der Waals surface area contributed by atoms with E-state index in [9.17, 15) is 8.78 Å². The SMILES string of the molecule is NCC(Sc1cc(F)ccc1F)c1ccccn1. The number of pyridine rings is 1. The van der Waals surface area contributed by atoms with Crippen LogP contribution in [0, 0.1) is 11.6 Å². The normalized spacial score (nSPS) is 12.4. The van der Waals surface area contributed by atoms with Gasteiger partial charge in [-0.3, -0.25) is 4.98 Å². The van der Waals surface area contributed by atoms with Gasteiger partial charge < -0.3 is 5.73 Å². The minimum atomic E-state index is -0.462. The second kappa shape index (κ2) is 5.93. The third kappa shape index (κ3) is 3.05. The highest BCUT2D eigenvalue weighted by Gasteiger charge is 2.15. The average Bonchev–Trinajstić information content (AvgIpc) is 2.41. The highest BCUT2D eigenvalue weighted by atomic mass is 32.2. The molecule has 18 heavy (non-hydrogen) atoms. The Morgan fingerprint density at radius 2 is 2.06 bits per heavy atom. The smallest absolute Gasteiger partial charge is 0.136 e. The molecule has 0 bridgehead atoms. The fourth-order valence-electron chi connectivity index (χ4n) is 1.52. The zero-order valence-electron chi connectivity index (χ0n) is 9.51. The van der Waals surface area contributed by atoms with E-state index in [4.69, 9.17) is 5.73 Å². The van der Waals surface area contributed by atoms with Crippen molar-refractivity contribution in [2.75, 3.05) is 6.54 Å². The molecule has 2 aromatic rings. The van der Waals surface area contributed by atoms with Crippen molar-refractivity contribution in [3.05, 3.63) is 59.9 Å². The summed E-state index contributed by atoms with van der Waals surface area (Å²) in [4.78, 5) is 4.43. The molecular formula is C13H12F2N2S. The highest BCUT2D eigenvalue weighted by molar-refractivity contribution is 7.99. The summed E-state index contributed by atoms with van der Waals surface area (Å²) < 4.78 is 26.6. The molecule has 94 valence electrons. The summed E-state index contributed by atoms with van der Waals surface area (Å²) in [6.07, 6.45) is 1.65. The second-order valence-electron chi connectivity index (χ2n) is 3.67. The minimum Gasteiger partial charge on any atom is -0.329 e. The van der Waals surface area contributed by atoms with E-state index in [1.54, 1.807) is 12.3 Å². The number of thioether (sulfide) groups is 1. The molecule has 0 fully saturated rings. The lowest BCUT2D eigenvalue weighted by atomic mass is 10.3. The van der Waals surface area contributed by atoms with Gasteiger partial charge in [-0.05, 0) is 30.3 Å². The largest absolute Gasteiger partial charge is 0.329 e. The van der Waals surface area contributed by atoms with E-state index in [1.807, 2.05) is 12.1 Å². The minimum absolute atomic E-state index is 0.192. The summed E-state index contributed by atoms with van der Waals surface area (Å²) in [5.74, 6) is -0.911. The molecule has 2 nitrogen and oxygen atoms in total. The molecule has 0 aliphatic heterocycles. The Balaban J connectivity index is 2.23. The highest BCUT2D eigenvalue weighted by Crippen LogP contribution is 2.35. The molecule has 1 aromatic carbocycles. The number of nitrogens with two attached hydrogens (primary N) is 1. The van der Waals surface area contributed by atoms with Gasteiger partial charge >= 0.3 is 0 Å². The van der Waals surface area contributed by atoms with E-state index in [0.717, 1.165) is 17.8 Å². The summed E-state index contributed by atoms with van der Waals surface area (Å²) >= 11 is 1.18. The molecule has 2 rings (SSSR count). The van der Waals surface area contributed by atoms with Gasteiger partial charge in [0.15, 0.2) is 0 Å². The van der Waals surface area contributed by atoms with Gasteiger partial charge in [-0.2, -0.15) is 0 Å². The Kier molecular flexibility index (Phi) is 4.28. The summed E-state index contributed by atoms with van der Waals surface area (Å²) in [7, 11) is 0. The lowest BCUT2D eigenvalue weighted by Gasteiger charge is -2.14. The molecule has 0 aliphatic carbocycles. The predicted octanol–water partition coefficient (Wildman–Crippen LogP) is 3.15. The Morgan fingerprint density at radius 3 is 2.72 bits per heavy atom. The molecule has 0 radical (unpaired) electrons. The number of benzene rings is 1. The average molecular weight is 266 g/mol. The van der Waals surface area contributed by atoms with Crippen molar-refractivity contribution < 1.29 is 8.78 Å². The molecule has 1 atom stereocenters. The fourth-order valence-corrected chi connectivity index (χ4v) is 2.54. The molecule has 0 aliphatic rings. The molecule has 0 saturated carbocycles. The molecule has 1 aromatic heterocycles. The van der Waals surface area contributed by atoms with Crippen LogP contribution < -0.4 is 5.73 Å². The van der Waals surface area contributed by atoms with Crippen LogP contribution in [0.1, 0.15) is 10.9 Å². The van der Waals surface area contributed by atoms with E-state index in [-0.39, 0.29) is 10.1 Å². The number of hydrogen-bond acceptors (Lipinski definition) is 3. The van der Waals surface area contributed by atoms with Crippen LogP contribution in [0.3, 0.4) is 0 Å². The monoisotopic (exact) mass is 266 g/mol. The molecule has 1 heterocycles. The molecule has 1 unspecified atom stereocenters.